The zero-order valence-corrected chi connectivity index (χ0v) is 10.9. The van der Waals surface area contributed by atoms with Crippen LogP contribution in [0.15, 0.2) is 12.1 Å². The summed E-state index contributed by atoms with van der Waals surface area (Å²) in [5.74, 6) is 1.07. The van der Waals surface area contributed by atoms with Crippen molar-refractivity contribution in [2.45, 2.75) is 0 Å². The van der Waals surface area contributed by atoms with Gasteiger partial charge in [0.2, 0.25) is 5.75 Å². The minimum absolute atomic E-state index is 0.108. The molecular formula is C12H16N2O5. The summed E-state index contributed by atoms with van der Waals surface area (Å²) in [5, 5.41) is 11.0. The van der Waals surface area contributed by atoms with Crippen LogP contribution in [0.2, 0.25) is 0 Å². The van der Waals surface area contributed by atoms with E-state index in [0.29, 0.717) is 37.9 Å². The molecule has 0 aromatic heterocycles. The average molecular weight is 268 g/mol. The summed E-state index contributed by atoms with van der Waals surface area (Å²) >= 11 is 0. The molecule has 2 rings (SSSR count). The summed E-state index contributed by atoms with van der Waals surface area (Å²) in [7, 11) is 3.81. The maximum Gasteiger partial charge on any atom is 0.314 e. The van der Waals surface area contributed by atoms with E-state index in [0.717, 1.165) is 0 Å². The molecule has 0 N–H and O–H groups in total. The quantitative estimate of drug-likeness (QED) is 0.592. The molecule has 0 fully saturated rings. The number of nitrogens with zero attached hydrogens (tertiary/aromatic N) is 2. The van der Waals surface area contributed by atoms with E-state index < -0.39 is 4.92 Å². The second-order valence-electron chi connectivity index (χ2n) is 4.37. The van der Waals surface area contributed by atoms with Gasteiger partial charge in [0.25, 0.3) is 0 Å². The Hall–Kier alpha value is -2.02. The highest BCUT2D eigenvalue weighted by atomic mass is 16.6. The molecule has 1 aliphatic heterocycles. The molecule has 0 amide bonds. The van der Waals surface area contributed by atoms with E-state index in [2.05, 4.69) is 0 Å². The number of nitro benzene ring substituents is 1. The monoisotopic (exact) mass is 268 g/mol. The molecule has 0 bridgehead atoms. The van der Waals surface area contributed by atoms with Crippen molar-refractivity contribution in [3.63, 3.8) is 0 Å². The van der Waals surface area contributed by atoms with Crippen LogP contribution >= 0.6 is 0 Å². The molecule has 1 aromatic rings. The standard InChI is InChI=1S/C12H16N2O5/c1-13(2)3-4-17-10-8-12-11(18-5-6-19-12)7-9(10)14(15)16/h7-8H,3-6H2,1-2H3. The Bertz CT molecular complexity index is 475. The third-order valence-corrected chi connectivity index (χ3v) is 2.62. The van der Waals surface area contributed by atoms with Crippen LogP contribution in [-0.4, -0.2) is 50.3 Å². The average Bonchev–Trinajstić information content (AvgIpc) is 2.37. The van der Waals surface area contributed by atoms with Crippen LogP contribution in [0, 0.1) is 10.1 Å². The van der Waals surface area contributed by atoms with Gasteiger partial charge in [-0.1, -0.05) is 0 Å². The van der Waals surface area contributed by atoms with Crippen LogP contribution in [0.25, 0.3) is 0 Å². The lowest BCUT2D eigenvalue weighted by Crippen LogP contribution is -2.20. The Morgan fingerprint density at radius 1 is 1.32 bits per heavy atom. The number of ether oxygens (including phenoxy) is 3. The number of likely N-dealkylation sites (N-methyl/N-ethyl adjacent to an activating group) is 1. The first kappa shape index (κ1) is 13.4. The van der Waals surface area contributed by atoms with Crippen molar-refractivity contribution in [2.75, 3.05) is 40.5 Å². The minimum atomic E-state index is -0.483. The Kier molecular flexibility index (Phi) is 4.06. The molecule has 1 aromatic carbocycles. The third-order valence-electron chi connectivity index (χ3n) is 2.62. The lowest BCUT2D eigenvalue weighted by atomic mass is 10.2. The fourth-order valence-corrected chi connectivity index (χ4v) is 1.66. The van der Waals surface area contributed by atoms with Crippen molar-refractivity contribution in [1.29, 1.82) is 0 Å². The van der Waals surface area contributed by atoms with Crippen LogP contribution in [0.1, 0.15) is 0 Å². The van der Waals surface area contributed by atoms with Crippen LogP contribution in [0.3, 0.4) is 0 Å². The predicted octanol–water partition coefficient (Wildman–Crippen LogP) is 1.31. The van der Waals surface area contributed by atoms with Gasteiger partial charge in [0.05, 0.1) is 11.0 Å². The highest BCUT2D eigenvalue weighted by Gasteiger charge is 2.23. The lowest BCUT2D eigenvalue weighted by molar-refractivity contribution is -0.386. The maximum absolute atomic E-state index is 11.0. The summed E-state index contributed by atoms with van der Waals surface area (Å²) in [6, 6.07) is 2.86. The normalized spacial score (nSPS) is 13.4. The second-order valence-corrected chi connectivity index (χ2v) is 4.37. The molecule has 1 heterocycles. The van der Waals surface area contributed by atoms with Crippen molar-refractivity contribution in [2.24, 2.45) is 0 Å². The van der Waals surface area contributed by atoms with E-state index in [-0.39, 0.29) is 11.4 Å². The van der Waals surface area contributed by atoms with Gasteiger partial charge in [-0.3, -0.25) is 10.1 Å². The molecule has 104 valence electrons. The molecule has 7 heteroatoms. The smallest absolute Gasteiger partial charge is 0.314 e. The molecule has 0 aliphatic carbocycles. The van der Waals surface area contributed by atoms with Gasteiger partial charge in [0.15, 0.2) is 11.5 Å². The molecular weight excluding hydrogens is 252 g/mol. The van der Waals surface area contributed by atoms with Crippen molar-refractivity contribution in [1.82, 2.24) is 4.90 Å². The highest BCUT2D eigenvalue weighted by Crippen LogP contribution is 2.40. The minimum Gasteiger partial charge on any atom is -0.486 e. The summed E-state index contributed by atoms with van der Waals surface area (Å²) in [6.07, 6.45) is 0. The van der Waals surface area contributed by atoms with Gasteiger partial charge in [-0.15, -0.1) is 0 Å². The Morgan fingerprint density at radius 2 is 1.95 bits per heavy atom. The van der Waals surface area contributed by atoms with Gasteiger partial charge >= 0.3 is 5.69 Å². The molecule has 0 atom stereocenters. The highest BCUT2D eigenvalue weighted by molar-refractivity contribution is 5.58. The van der Waals surface area contributed by atoms with Gasteiger partial charge in [0, 0.05) is 12.6 Å². The second kappa shape index (κ2) is 5.75. The van der Waals surface area contributed by atoms with Crippen molar-refractivity contribution in [3.05, 3.63) is 22.2 Å². The maximum atomic E-state index is 11.0. The zero-order valence-electron chi connectivity index (χ0n) is 10.9. The molecule has 0 saturated heterocycles. The molecule has 1 aliphatic rings. The van der Waals surface area contributed by atoms with Crippen LogP contribution < -0.4 is 14.2 Å². The fourth-order valence-electron chi connectivity index (χ4n) is 1.66. The van der Waals surface area contributed by atoms with Crippen LogP contribution in [-0.2, 0) is 0 Å². The molecule has 0 saturated carbocycles. The van der Waals surface area contributed by atoms with E-state index in [1.165, 1.54) is 12.1 Å². The number of hydrogen-bond donors (Lipinski definition) is 0. The van der Waals surface area contributed by atoms with Gasteiger partial charge in [-0.25, -0.2) is 0 Å². The van der Waals surface area contributed by atoms with Crippen molar-refractivity contribution < 1.29 is 19.1 Å². The molecule has 0 spiro atoms. The number of benzene rings is 1. The number of rotatable bonds is 5. The topological polar surface area (TPSA) is 74.1 Å². The van der Waals surface area contributed by atoms with Crippen LogP contribution in [0.4, 0.5) is 5.69 Å². The first-order valence-electron chi connectivity index (χ1n) is 5.93. The zero-order chi connectivity index (χ0) is 13.8. The van der Waals surface area contributed by atoms with E-state index in [1.807, 2.05) is 19.0 Å². The largest absolute Gasteiger partial charge is 0.486 e. The Morgan fingerprint density at radius 3 is 2.53 bits per heavy atom. The van der Waals surface area contributed by atoms with Crippen LogP contribution in [0.5, 0.6) is 17.2 Å². The third kappa shape index (κ3) is 3.25. The molecule has 19 heavy (non-hydrogen) atoms. The fraction of sp³-hybridized carbons (Fsp3) is 0.500. The van der Waals surface area contributed by atoms with Gasteiger partial charge in [-0.05, 0) is 14.1 Å². The van der Waals surface area contributed by atoms with Gasteiger partial charge < -0.3 is 19.1 Å². The number of fused-ring (bicyclic) bond motifs is 1. The van der Waals surface area contributed by atoms with E-state index in [9.17, 15) is 10.1 Å². The Labute approximate surface area is 110 Å². The first-order valence-corrected chi connectivity index (χ1v) is 5.93. The number of hydrogen-bond acceptors (Lipinski definition) is 6. The number of nitro groups is 1. The Balaban J connectivity index is 2.21. The predicted molar refractivity (Wildman–Crippen MR) is 68.1 cm³/mol. The summed E-state index contributed by atoms with van der Waals surface area (Å²) in [5.41, 5.74) is -0.108. The first-order chi connectivity index (χ1) is 9.08. The molecule has 0 unspecified atom stereocenters. The lowest BCUT2D eigenvalue weighted by Gasteiger charge is -2.19. The van der Waals surface area contributed by atoms with Gasteiger partial charge in [-0.2, -0.15) is 0 Å². The molecule has 0 radical (unpaired) electrons. The summed E-state index contributed by atoms with van der Waals surface area (Å²) < 4.78 is 16.2. The molecule has 7 nitrogen and oxygen atoms in total. The van der Waals surface area contributed by atoms with E-state index >= 15 is 0 Å². The van der Waals surface area contributed by atoms with Crippen molar-refractivity contribution in [3.8, 4) is 17.2 Å². The summed E-state index contributed by atoms with van der Waals surface area (Å²) in [4.78, 5) is 12.5. The van der Waals surface area contributed by atoms with Gasteiger partial charge in [0.1, 0.15) is 19.8 Å². The summed E-state index contributed by atoms with van der Waals surface area (Å²) in [6.45, 7) is 1.87. The van der Waals surface area contributed by atoms with E-state index in [4.69, 9.17) is 14.2 Å². The SMILES string of the molecule is CN(C)CCOc1cc2c(cc1[N+](=O)[O-])OCCO2. The van der Waals surface area contributed by atoms with E-state index in [1.54, 1.807) is 0 Å². The van der Waals surface area contributed by atoms with Crippen molar-refractivity contribution >= 4 is 5.69 Å².